The van der Waals surface area contributed by atoms with Crippen molar-refractivity contribution >= 4 is 54.4 Å². The van der Waals surface area contributed by atoms with Crippen molar-refractivity contribution in [3.05, 3.63) is 166 Å². The summed E-state index contributed by atoms with van der Waals surface area (Å²) in [6, 6.07) is 43.5. The summed E-state index contributed by atoms with van der Waals surface area (Å²) < 4.78 is 0. The van der Waals surface area contributed by atoms with Crippen LogP contribution in [0.25, 0.3) is 90.9 Å². The highest BCUT2D eigenvalue weighted by molar-refractivity contribution is 6.83. The zero-order valence-electron chi connectivity index (χ0n) is 33.3. The standard InChI is InChI=1S/C52H44N4Si/c1-33-7-15-37(16-8-33)49-41-23-25-43(53-41)50(38-17-9-34(2)10-18-38)45-27-29-47(55-45)52(40-21-13-36(14-22-40)31-32-57(4,5)6)48-30-28-46(56-48)51(44-26-24-42(49)54-44)39-19-11-35(3)12-20-39/h7-30,55-56H,1-6H3. The second kappa shape index (κ2) is 14.4. The van der Waals surface area contributed by atoms with Gasteiger partial charge in [-0.15, -0.1) is 5.54 Å². The molecular weight excluding hydrogens is 709 g/mol. The van der Waals surface area contributed by atoms with E-state index in [-0.39, 0.29) is 0 Å². The maximum absolute atomic E-state index is 5.42. The van der Waals surface area contributed by atoms with E-state index in [0.717, 1.165) is 94.9 Å². The van der Waals surface area contributed by atoms with Gasteiger partial charge >= 0.3 is 0 Å². The van der Waals surface area contributed by atoms with Crippen molar-refractivity contribution in [3.8, 4) is 56.0 Å². The first-order valence-corrected chi connectivity index (χ1v) is 23.1. The topological polar surface area (TPSA) is 57.4 Å². The van der Waals surface area contributed by atoms with Crippen LogP contribution in [0.1, 0.15) is 45.0 Å². The van der Waals surface area contributed by atoms with E-state index in [1.807, 2.05) is 0 Å². The third-order valence-electron chi connectivity index (χ3n) is 10.5. The molecule has 0 spiro atoms. The van der Waals surface area contributed by atoms with Crippen LogP contribution in [0.2, 0.25) is 19.6 Å². The third kappa shape index (κ3) is 7.24. The Balaban J connectivity index is 1.42. The minimum Gasteiger partial charge on any atom is -0.354 e. The largest absolute Gasteiger partial charge is 0.354 e. The van der Waals surface area contributed by atoms with Gasteiger partial charge in [0.25, 0.3) is 0 Å². The molecule has 7 aromatic rings. The monoisotopic (exact) mass is 752 g/mol. The highest BCUT2D eigenvalue weighted by Crippen LogP contribution is 2.38. The maximum atomic E-state index is 5.42. The number of hydrogen-bond donors (Lipinski definition) is 2. The number of nitrogens with zero attached hydrogens (tertiary/aromatic N) is 2. The van der Waals surface area contributed by atoms with Crippen molar-refractivity contribution in [2.45, 2.75) is 40.4 Å². The number of aromatic nitrogens is 4. The van der Waals surface area contributed by atoms with E-state index >= 15 is 0 Å². The lowest BCUT2D eigenvalue weighted by Crippen LogP contribution is -2.16. The molecular formula is C52H44N4Si. The summed E-state index contributed by atoms with van der Waals surface area (Å²) in [6.07, 6.45) is 8.57. The summed E-state index contributed by atoms with van der Waals surface area (Å²) in [4.78, 5) is 18.6. The van der Waals surface area contributed by atoms with Gasteiger partial charge in [-0.1, -0.05) is 127 Å². The van der Waals surface area contributed by atoms with Crippen LogP contribution in [0.3, 0.4) is 0 Å². The van der Waals surface area contributed by atoms with Crippen molar-refractivity contribution in [2.75, 3.05) is 0 Å². The number of benzene rings is 4. The molecule has 2 aliphatic heterocycles. The van der Waals surface area contributed by atoms with Crippen LogP contribution in [0.15, 0.2) is 121 Å². The van der Waals surface area contributed by atoms with Gasteiger partial charge in [-0.3, -0.25) is 0 Å². The van der Waals surface area contributed by atoms with E-state index in [1.54, 1.807) is 0 Å². The van der Waals surface area contributed by atoms with Gasteiger partial charge in [-0.25, -0.2) is 9.97 Å². The Morgan fingerprint density at radius 1 is 0.386 bits per heavy atom. The van der Waals surface area contributed by atoms with Gasteiger partial charge in [0, 0.05) is 49.9 Å². The molecule has 0 amide bonds. The third-order valence-corrected chi connectivity index (χ3v) is 11.4. The molecule has 57 heavy (non-hydrogen) atoms. The minimum absolute atomic E-state index is 0.880. The number of nitrogens with one attached hydrogen (secondary N) is 2. The van der Waals surface area contributed by atoms with Crippen molar-refractivity contribution in [1.82, 2.24) is 19.9 Å². The van der Waals surface area contributed by atoms with E-state index in [1.165, 1.54) is 16.7 Å². The van der Waals surface area contributed by atoms with Crippen molar-refractivity contribution in [2.24, 2.45) is 0 Å². The number of aryl methyl sites for hydroxylation is 3. The molecule has 4 aromatic carbocycles. The lowest BCUT2D eigenvalue weighted by Gasteiger charge is -2.08. The summed E-state index contributed by atoms with van der Waals surface area (Å²) in [6.45, 7) is 13.2. The van der Waals surface area contributed by atoms with E-state index < -0.39 is 8.07 Å². The molecule has 5 heteroatoms. The zero-order valence-corrected chi connectivity index (χ0v) is 34.3. The molecule has 0 saturated heterocycles. The summed E-state index contributed by atoms with van der Waals surface area (Å²) in [7, 11) is -1.52. The van der Waals surface area contributed by atoms with Crippen molar-refractivity contribution in [1.29, 1.82) is 0 Å². The maximum Gasteiger partial charge on any atom is 0.129 e. The molecule has 5 heterocycles. The molecule has 276 valence electrons. The van der Waals surface area contributed by atoms with Crippen LogP contribution < -0.4 is 0 Å². The van der Waals surface area contributed by atoms with Gasteiger partial charge in [0.1, 0.15) is 8.07 Å². The Bertz CT molecular complexity index is 2830. The predicted octanol–water partition coefficient (Wildman–Crippen LogP) is 13.5. The lowest BCUT2D eigenvalue weighted by molar-refractivity contribution is 1.27. The summed E-state index contributed by atoms with van der Waals surface area (Å²) in [5, 5.41) is 0. The highest BCUT2D eigenvalue weighted by Gasteiger charge is 2.19. The number of H-pyrrole nitrogens is 2. The number of rotatable bonds is 4. The quantitative estimate of drug-likeness (QED) is 0.139. The smallest absolute Gasteiger partial charge is 0.129 e. The Kier molecular flexibility index (Phi) is 9.08. The van der Waals surface area contributed by atoms with Gasteiger partial charge in [-0.05, 0) is 104 Å². The zero-order chi connectivity index (χ0) is 39.3. The van der Waals surface area contributed by atoms with Crippen molar-refractivity contribution < 1.29 is 0 Å². The summed E-state index contributed by atoms with van der Waals surface area (Å²) in [5.74, 6) is 3.43. The van der Waals surface area contributed by atoms with Crippen LogP contribution in [0, 0.1) is 32.2 Å². The second-order valence-corrected chi connectivity index (χ2v) is 20.9. The first-order chi connectivity index (χ1) is 27.6. The molecule has 0 atom stereocenters. The van der Waals surface area contributed by atoms with Crippen molar-refractivity contribution in [3.63, 3.8) is 0 Å². The molecule has 2 N–H and O–H groups in total. The number of hydrogen-bond acceptors (Lipinski definition) is 2. The van der Waals surface area contributed by atoms with E-state index in [4.69, 9.17) is 9.97 Å². The normalized spacial score (nSPS) is 12.1. The van der Waals surface area contributed by atoms with E-state index in [0.29, 0.717) is 0 Å². The van der Waals surface area contributed by atoms with Gasteiger partial charge in [0.15, 0.2) is 0 Å². The first-order valence-electron chi connectivity index (χ1n) is 19.6. The Labute approximate surface area is 335 Å². The molecule has 0 aliphatic carbocycles. The molecule has 3 aromatic heterocycles. The van der Waals surface area contributed by atoms with Gasteiger partial charge in [0.2, 0.25) is 0 Å². The first kappa shape index (κ1) is 35.9. The number of aromatic amines is 2. The van der Waals surface area contributed by atoms with Crippen LogP contribution in [0.5, 0.6) is 0 Å². The Hall–Kier alpha value is -6.74. The SMILES string of the molecule is Cc1ccc(-c2c3nc(c(-c4ccc(C)cc4)c4ccc([nH]4)c(-c4ccc(C#C[Si](C)(C)C)cc4)c4ccc([nH]4)c(-c4ccc(C)cc4)c4nc2C=C4)C=C3)cc1. The molecule has 0 saturated carbocycles. The molecule has 0 radical (unpaired) electrons. The minimum atomic E-state index is -1.52. The molecule has 4 nitrogen and oxygen atoms in total. The molecule has 0 fully saturated rings. The number of fused-ring (bicyclic) bond motifs is 8. The van der Waals surface area contributed by atoms with Crippen LogP contribution in [-0.4, -0.2) is 28.0 Å². The Morgan fingerprint density at radius 2 is 0.702 bits per heavy atom. The highest BCUT2D eigenvalue weighted by atomic mass is 28.3. The summed E-state index contributed by atoms with van der Waals surface area (Å²) in [5.41, 5.74) is 24.2. The molecule has 0 unspecified atom stereocenters. The Morgan fingerprint density at radius 3 is 1.09 bits per heavy atom. The van der Waals surface area contributed by atoms with Gasteiger partial charge < -0.3 is 9.97 Å². The average Bonchev–Trinajstić information content (AvgIpc) is 4.04. The van der Waals surface area contributed by atoms with Gasteiger partial charge in [-0.2, -0.15) is 0 Å². The van der Waals surface area contributed by atoms with E-state index in [2.05, 4.69) is 207 Å². The van der Waals surface area contributed by atoms with Crippen LogP contribution in [0.4, 0.5) is 0 Å². The predicted molar refractivity (Wildman–Crippen MR) is 245 cm³/mol. The average molecular weight is 753 g/mol. The molecule has 9 rings (SSSR count). The second-order valence-electron chi connectivity index (χ2n) is 16.2. The fraction of sp³-hybridized carbons (Fsp3) is 0.115. The fourth-order valence-corrected chi connectivity index (χ4v) is 8.08. The van der Waals surface area contributed by atoms with Crippen LogP contribution >= 0.6 is 0 Å². The summed E-state index contributed by atoms with van der Waals surface area (Å²) >= 11 is 0. The fourth-order valence-electron chi connectivity index (χ4n) is 7.56. The van der Waals surface area contributed by atoms with Crippen LogP contribution in [-0.2, 0) is 0 Å². The van der Waals surface area contributed by atoms with Gasteiger partial charge in [0.05, 0.1) is 22.8 Å². The molecule has 8 bridgehead atoms. The lowest BCUT2D eigenvalue weighted by atomic mass is 10.0. The van der Waals surface area contributed by atoms with E-state index in [9.17, 15) is 0 Å². The molecule has 2 aliphatic rings.